The normalized spacial score (nSPS) is 44.4. The van der Waals surface area contributed by atoms with Crippen LogP contribution in [0.25, 0.3) is 0 Å². The highest BCUT2D eigenvalue weighted by Gasteiger charge is 2.42. The van der Waals surface area contributed by atoms with Crippen LogP contribution in [0, 0.1) is 35.5 Å². The molecule has 3 saturated carbocycles. The quantitative estimate of drug-likeness (QED) is 0.483. The van der Waals surface area contributed by atoms with Crippen LogP contribution in [0.2, 0.25) is 0 Å². The zero-order valence-electron chi connectivity index (χ0n) is 13.9. The molecule has 0 spiro atoms. The van der Waals surface area contributed by atoms with Crippen LogP contribution in [-0.2, 0) is 0 Å². The molecule has 0 nitrogen and oxygen atoms in total. The zero-order valence-corrected chi connectivity index (χ0v) is 13.9. The molecule has 3 aliphatic carbocycles. The van der Waals surface area contributed by atoms with Crippen LogP contribution in [0.3, 0.4) is 0 Å². The molecule has 0 aliphatic heterocycles. The maximum atomic E-state index is 2.61. The summed E-state index contributed by atoms with van der Waals surface area (Å²) in [6, 6.07) is 0. The van der Waals surface area contributed by atoms with Gasteiger partial charge in [0.2, 0.25) is 0 Å². The molecule has 0 aromatic rings. The fourth-order valence-corrected chi connectivity index (χ4v) is 6.24. The Labute approximate surface area is 127 Å². The van der Waals surface area contributed by atoms with Gasteiger partial charge in [0.05, 0.1) is 0 Å². The summed E-state index contributed by atoms with van der Waals surface area (Å²) in [6.07, 6.45) is 18.4. The topological polar surface area (TPSA) is 0 Å². The van der Waals surface area contributed by atoms with Crippen LogP contribution in [0.4, 0.5) is 0 Å². The Morgan fingerprint density at radius 1 is 0.500 bits per heavy atom. The van der Waals surface area contributed by atoms with Crippen molar-refractivity contribution in [2.24, 2.45) is 35.5 Å². The molecule has 3 unspecified atom stereocenters. The van der Waals surface area contributed by atoms with Crippen LogP contribution in [0.1, 0.15) is 90.9 Å². The first-order chi connectivity index (χ1) is 9.77. The van der Waals surface area contributed by atoms with E-state index >= 15 is 0 Å². The van der Waals surface area contributed by atoms with Crippen molar-refractivity contribution in [2.75, 3.05) is 0 Å². The van der Waals surface area contributed by atoms with Gasteiger partial charge in [0, 0.05) is 0 Å². The molecule has 3 aliphatic rings. The monoisotopic (exact) mass is 276 g/mol. The van der Waals surface area contributed by atoms with Crippen LogP contribution in [0.5, 0.6) is 0 Å². The second-order valence-corrected chi connectivity index (χ2v) is 8.47. The Kier molecular flexibility index (Phi) is 5.10. The van der Waals surface area contributed by atoms with E-state index in [1.807, 2.05) is 0 Å². The number of hydrogen-bond acceptors (Lipinski definition) is 0. The molecule has 0 saturated heterocycles. The minimum atomic E-state index is 1.01. The van der Waals surface area contributed by atoms with E-state index in [1.165, 1.54) is 51.4 Å². The largest absolute Gasteiger partial charge is 0.0622 e. The van der Waals surface area contributed by atoms with Crippen molar-refractivity contribution >= 4 is 0 Å². The number of hydrogen-bond donors (Lipinski definition) is 0. The van der Waals surface area contributed by atoms with E-state index < -0.39 is 0 Å². The van der Waals surface area contributed by atoms with Gasteiger partial charge in [-0.05, 0) is 48.3 Å². The third-order valence-electron chi connectivity index (χ3n) is 7.28. The Morgan fingerprint density at radius 3 is 1.75 bits per heavy atom. The van der Waals surface area contributed by atoms with Crippen LogP contribution < -0.4 is 0 Å². The molecule has 0 radical (unpaired) electrons. The molecule has 0 aromatic carbocycles. The summed E-state index contributed by atoms with van der Waals surface area (Å²) >= 11 is 0. The Bertz CT molecular complexity index is 286. The summed E-state index contributed by atoms with van der Waals surface area (Å²) in [6.45, 7) is 5.18. The molecule has 0 heterocycles. The highest BCUT2D eigenvalue weighted by molar-refractivity contribution is 4.92. The summed E-state index contributed by atoms with van der Waals surface area (Å²) in [5.74, 6) is 6.38. The van der Waals surface area contributed by atoms with Gasteiger partial charge in [-0.2, -0.15) is 0 Å². The lowest BCUT2D eigenvalue weighted by molar-refractivity contribution is 0.0634. The summed E-state index contributed by atoms with van der Waals surface area (Å²) in [5, 5.41) is 0. The van der Waals surface area contributed by atoms with Crippen molar-refractivity contribution < 1.29 is 0 Å². The van der Waals surface area contributed by atoms with Crippen molar-refractivity contribution in [1.82, 2.24) is 0 Å². The van der Waals surface area contributed by atoms with Gasteiger partial charge >= 0.3 is 0 Å². The minimum Gasteiger partial charge on any atom is -0.0622 e. The van der Waals surface area contributed by atoms with E-state index in [2.05, 4.69) is 13.8 Å². The molecule has 3 rings (SSSR count). The summed E-state index contributed by atoms with van der Waals surface area (Å²) in [4.78, 5) is 0. The average molecular weight is 277 g/mol. The summed E-state index contributed by atoms with van der Waals surface area (Å²) < 4.78 is 0. The van der Waals surface area contributed by atoms with Gasteiger partial charge in [0.15, 0.2) is 0 Å². The fourth-order valence-electron chi connectivity index (χ4n) is 6.24. The Hall–Kier alpha value is 0. The third-order valence-corrected chi connectivity index (χ3v) is 7.28. The molecule has 5 atom stereocenters. The standard InChI is InChI=1S/C20H36/c1-15-13-14-16(2)20(17-9-5-3-4-6-10-17)19-12-8-7-11-18(15)19/h15-20H,3-14H2,1-2H3/t15?,16?,18-,19?,20-/m1/s1. The van der Waals surface area contributed by atoms with Gasteiger partial charge in [-0.1, -0.05) is 78.1 Å². The summed E-state index contributed by atoms with van der Waals surface area (Å²) in [5.41, 5.74) is 0. The smallest absolute Gasteiger partial charge is 0.0329 e. The van der Waals surface area contributed by atoms with Crippen LogP contribution >= 0.6 is 0 Å². The van der Waals surface area contributed by atoms with Crippen LogP contribution in [0.15, 0.2) is 0 Å². The van der Waals surface area contributed by atoms with Gasteiger partial charge in [0.25, 0.3) is 0 Å². The second kappa shape index (κ2) is 6.84. The first-order valence-electron chi connectivity index (χ1n) is 9.77. The molecule has 3 fully saturated rings. The van der Waals surface area contributed by atoms with Crippen molar-refractivity contribution in [3.63, 3.8) is 0 Å². The van der Waals surface area contributed by atoms with Crippen molar-refractivity contribution in [1.29, 1.82) is 0 Å². The maximum absolute atomic E-state index is 2.61. The molecule has 0 aromatic heterocycles. The molecule has 0 N–H and O–H groups in total. The first kappa shape index (κ1) is 14.9. The lowest BCUT2D eigenvalue weighted by Gasteiger charge is -2.43. The average Bonchev–Trinajstić information content (AvgIpc) is 2.79. The van der Waals surface area contributed by atoms with Gasteiger partial charge in [-0.25, -0.2) is 0 Å². The van der Waals surface area contributed by atoms with Gasteiger partial charge in [-0.3, -0.25) is 0 Å². The highest BCUT2D eigenvalue weighted by Crippen LogP contribution is 2.51. The fraction of sp³-hybridized carbons (Fsp3) is 1.00. The SMILES string of the molecule is CC1CCC(C)[C@H](C2CCCCCC2)C2CCCC[C@H]12. The Balaban J connectivity index is 1.80. The Morgan fingerprint density at radius 2 is 1.05 bits per heavy atom. The molecule has 0 bridgehead atoms. The lowest BCUT2D eigenvalue weighted by Crippen LogP contribution is -2.35. The molecule has 20 heavy (non-hydrogen) atoms. The van der Waals surface area contributed by atoms with Crippen LogP contribution in [-0.4, -0.2) is 0 Å². The van der Waals surface area contributed by atoms with Crippen molar-refractivity contribution in [2.45, 2.75) is 90.9 Å². The second-order valence-electron chi connectivity index (χ2n) is 8.47. The lowest BCUT2D eigenvalue weighted by atomic mass is 9.62. The first-order valence-corrected chi connectivity index (χ1v) is 9.77. The van der Waals surface area contributed by atoms with E-state index in [0.29, 0.717) is 0 Å². The number of rotatable bonds is 1. The molecule has 0 heteroatoms. The molecular weight excluding hydrogens is 240 g/mol. The van der Waals surface area contributed by atoms with Crippen molar-refractivity contribution in [3.05, 3.63) is 0 Å². The van der Waals surface area contributed by atoms with Gasteiger partial charge < -0.3 is 0 Å². The van der Waals surface area contributed by atoms with E-state index in [0.717, 1.165) is 35.5 Å². The minimum absolute atomic E-state index is 1.01. The molecular formula is C20H36. The van der Waals surface area contributed by atoms with E-state index in [4.69, 9.17) is 0 Å². The number of fused-ring (bicyclic) bond motifs is 1. The van der Waals surface area contributed by atoms with Gasteiger partial charge in [-0.15, -0.1) is 0 Å². The molecule has 116 valence electrons. The molecule has 0 amide bonds. The highest BCUT2D eigenvalue weighted by atomic mass is 14.5. The predicted octanol–water partition coefficient (Wildman–Crippen LogP) is 6.45. The maximum Gasteiger partial charge on any atom is -0.0329 e. The van der Waals surface area contributed by atoms with E-state index in [1.54, 1.807) is 25.7 Å². The summed E-state index contributed by atoms with van der Waals surface area (Å²) in [7, 11) is 0. The van der Waals surface area contributed by atoms with Gasteiger partial charge in [0.1, 0.15) is 0 Å². The van der Waals surface area contributed by atoms with E-state index in [-0.39, 0.29) is 0 Å². The van der Waals surface area contributed by atoms with Crippen molar-refractivity contribution in [3.8, 4) is 0 Å². The zero-order chi connectivity index (χ0) is 13.9. The third kappa shape index (κ3) is 3.09. The van der Waals surface area contributed by atoms with E-state index in [9.17, 15) is 0 Å². The predicted molar refractivity (Wildman–Crippen MR) is 87.7 cm³/mol.